The third-order valence-corrected chi connectivity index (χ3v) is 11.9. The molecule has 3 aliphatic rings. The van der Waals surface area contributed by atoms with Gasteiger partial charge in [0.1, 0.15) is 0 Å². The summed E-state index contributed by atoms with van der Waals surface area (Å²) >= 11 is 0. The van der Waals surface area contributed by atoms with Crippen molar-refractivity contribution in [2.75, 3.05) is 0 Å². The Balaban J connectivity index is 1.30. The van der Waals surface area contributed by atoms with Gasteiger partial charge in [0.15, 0.2) is 0 Å². The van der Waals surface area contributed by atoms with E-state index in [2.05, 4.69) is 169 Å². The SMILES string of the molecule is c1ccc2c(c1)-c1ccccc1C21c2ccccc2-c2c1cc1c(c2-c2cccc3c(-c4ccncc4)cccc23)-c2cccc3cccc-1c23. The molecule has 8 aromatic carbocycles. The molecule has 1 spiro atoms. The first-order valence-corrected chi connectivity index (χ1v) is 17.8. The Morgan fingerprint density at radius 2 is 0.863 bits per heavy atom. The van der Waals surface area contributed by atoms with E-state index in [1.54, 1.807) is 0 Å². The number of nitrogens with zero attached hydrogens (tertiary/aromatic N) is 1. The summed E-state index contributed by atoms with van der Waals surface area (Å²) < 4.78 is 0. The summed E-state index contributed by atoms with van der Waals surface area (Å²) in [5.74, 6) is 0. The largest absolute Gasteiger partial charge is 0.265 e. The highest BCUT2D eigenvalue weighted by Crippen LogP contribution is 2.67. The van der Waals surface area contributed by atoms with Gasteiger partial charge in [-0.1, -0.05) is 146 Å². The predicted octanol–water partition coefficient (Wildman–Crippen LogP) is 12.7. The molecular weight excluding hydrogens is 615 g/mol. The van der Waals surface area contributed by atoms with Gasteiger partial charge in [0.25, 0.3) is 0 Å². The fourth-order valence-corrected chi connectivity index (χ4v) is 10.1. The van der Waals surface area contributed by atoms with Gasteiger partial charge in [-0.05, 0) is 129 Å². The van der Waals surface area contributed by atoms with Crippen LogP contribution in [0.4, 0.5) is 0 Å². The molecule has 0 bridgehead atoms. The lowest BCUT2D eigenvalue weighted by Crippen LogP contribution is -2.26. The number of benzene rings is 8. The van der Waals surface area contributed by atoms with Gasteiger partial charge in [0.05, 0.1) is 5.41 Å². The van der Waals surface area contributed by atoms with Crippen molar-refractivity contribution in [2.45, 2.75) is 5.41 Å². The molecule has 3 aliphatic carbocycles. The Morgan fingerprint density at radius 3 is 1.57 bits per heavy atom. The van der Waals surface area contributed by atoms with Gasteiger partial charge in [-0.25, -0.2) is 0 Å². The molecule has 1 aromatic heterocycles. The molecule has 0 radical (unpaired) electrons. The summed E-state index contributed by atoms with van der Waals surface area (Å²) in [7, 11) is 0. The summed E-state index contributed by atoms with van der Waals surface area (Å²) in [6.45, 7) is 0. The smallest absolute Gasteiger partial charge is 0.0725 e. The van der Waals surface area contributed by atoms with Crippen molar-refractivity contribution < 1.29 is 0 Å². The van der Waals surface area contributed by atoms with Crippen molar-refractivity contribution in [3.05, 3.63) is 198 Å². The lowest BCUT2D eigenvalue weighted by molar-refractivity contribution is 0.794. The molecule has 1 heterocycles. The number of hydrogen-bond acceptors (Lipinski definition) is 1. The zero-order valence-corrected chi connectivity index (χ0v) is 27.7. The van der Waals surface area contributed by atoms with Crippen LogP contribution in [0.3, 0.4) is 0 Å². The Morgan fingerprint density at radius 1 is 0.333 bits per heavy atom. The van der Waals surface area contributed by atoms with E-state index in [4.69, 9.17) is 0 Å². The van der Waals surface area contributed by atoms with E-state index >= 15 is 0 Å². The summed E-state index contributed by atoms with van der Waals surface area (Å²) in [5.41, 5.74) is 20.7. The van der Waals surface area contributed by atoms with Crippen LogP contribution in [0.15, 0.2) is 176 Å². The van der Waals surface area contributed by atoms with E-state index in [-0.39, 0.29) is 0 Å². The fraction of sp³-hybridized carbons (Fsp3) is 0.0200. The Hall–Kier alpha value is -6.57. The average Bonchev–Trinajstić information content (AvgIpc) is 3.80. The quantitative estimate of drug-likeness (QED) is 0.183. The number of aromatic nitrogens is 1. The van der Waals surface area contributed by atoms with Crippen molar-refractivity contribution in [1.82, 2.24) is 4.98 Å². The van der Waals surface area contributed by atoms with Crippen molar-refractivity contribution in [3.8, 4) is 66.8 Å². The van der Waals surface area contributed by atoms with Crippen LogP contribution in [0.5, 0.6) is 0 Å². The number of pyridine rings is 1. The summed E-state index contributed by atoms with van der Waals surface area (Å²) in [4.78, 5) is 4.32. The number of fused-ring (bicyclic) bond motifs is 14. The molecule has 0 saturated carbocycles. The van der Waals surface area contributed by atoms with Gasteiger partial charge in [-0.15, -0.1) is 0 Å². The van der Waals surface area contributed by atoms with Crippen LogP contribution < -0.4 is 0 Å². The number of rotatable bonds is 2. The Kier molecular flexibility index (Phi) is 5.23. The van der Waals surface area contributed by atoms with E-state index < -0.39 is 5.41 Å². The van der Waals surface area contributed by atoms with E-state index in [1.165, 1.54) is 111 Å². The van der Waals surface area contributed by atoms with E-state index in [9.17, 15) is 0 Å². The minimum Gasteiger partial charge on any atom is -0.265 e. The molecule has 9 aromatic rings. The summed E-state index contributed by atoms with van der Waals surface area (Å²) in [6, 6.07) is 61.6. The van der Waals surface area contributed by atoms with Crippen LogP contribution in [0, 0.1) is 0 Å². The van der Waals surface area contributed by atoms with Crippen LogP contribution >= 0.6 is 0 Å². The normalized spacial score (nSPS) is 13.6. The van der Waals surface area contributed by atoms with E-state index in [0.717, 1.165) is 0 Å². The first-order valence-electron chi connectivity index (χ1n) is 17.8. The highest BCUT2D eigenvalue weighted by Gasteiger charge is 2.53. The van der Waals surface area contributed by atoms with Crippen LogP contribution in [-0.2, 0) is 5.41 Å². The standard InChI is InChI=1S/C50H29N/c1-4-22-42-35(13-1)36-14-2-5-23-43(36)50(42)44-24-6-3-15-39(44)48-45(50)29-41-38-19-7-11-31-12-8-21-40(46(31)38)47(41)49(48)37-20-10-17-33-32(16-9-18-34(33)37)30-25-27-51-28-26-30/h1-29H. The first-order chi connectivity index (χ1) is 25.3. The third-order valence-electron chi connectivity index (χ3n) is 11.9. The first kappa shape index (κ1) is 27.3. The molecule has 51 heavy (non-hydrogen) atoms. The molecule has 0 saturated heterocycles. The molecule has 0 amide bonds. The molecule has 0 atom stereocenters. The van der Waals surface area contributed by atoms with Gasteiger partial charge >= 0.3 is 0 Å². The lowest BCUT2D eigenvalue weighted by atomic mass is 9.69. The van der Waals surface area contributed by atoms with E-state index in [1.807, 2.05) is 12.4 Å². The second kappa shape index (κ2) is 9.78. The second-order valence-electron chi connectivity index (χ2n) is 14.1. The fourth-order valence-electron chi connectivity index (χ4n) is 10.1. The highest BCUT2D eigenvalue weighted by atomic mass is 14.6. The maximum Gasteiger partial charge on any atom is 0.0725 e. The summed E-state index contributed by atoms with van der Waals surface area (Å²) in [5, 5.41) is 5.15. The lowest BCUT2D eigenvalue weighted by Gasteiger charge is -2.31. The molecule has 234 valence electrons. The van der Waals surface area contributed by atoms with Crippen molar-refractivity contribution in [1.29, 1.82) is 0 Å². The van der Waals surface area contributed by atoms with Gasteiger partial charge in [0, 0.05) is 12.4 Å². The average molecular weight is 644 g/mol. The Labute approximate surface area is 296 Å². The zero-order valence-electron chi connectivity index (χ0n) is 27.7. The molecule has 0 N–H and O–H groups in total. The van der Waals surface area contributed by atoms with Crippen LogP contribution in [0.25, 0.3) is 88.3 Å². The molecule has 0 aliphatic heterocycles. The van der Waals surface area contributed by atoms with Crippen LogP contribution in [0.1, 0.15) is 22.3 Å². The third kappa shape index (κ3) is 3.29. The predicted molar refractivity (Wildman–Crippen MR) is 211 cm³/mol. The number of hydrogen-bond donors (Lipinski definition) is 0. The molecule has 1 nitrogen and oxygen atoms in total. The molecule has 12 rings (SSSR count). The minimum atomic E-state index is -0.432. The minimum absolute atomic E-state index is 0.432. The monoisotopic (exact) mass is 643 g/mol. The molecule has 0 fully saturated rings. The summed E-state index contributed by atoms with van der Waals surface area (Å²) in [6.07, 6.45) is 3.78. The molecule has 1 heteroatoms. The second-order valence-corrected chi connectivity index (χ2v) is 14.1. The van der Waals surface area contributed by atoms with Gasteiger partial charge in [-0.3, -0.25) is 4.98 Å². The van der Waals surface area contributed by atoms with Gasteiger partial charge in [-0.2, -0.15) is 0 Å². The topological polar surface area (TPSA) is 12.9 Å². The zero-order chi connectivity index (χ0) is 33.3. The maximum absolute atomic E-state index is 4.32. The van der Waals surface area contributed by atoms with E-state index in [0.29, 0.717) is 0 Å². The van der Waals surface area contributed by atoms with Crippen molar-refractivity contribution >= 4 is 21.5 Å². The molecular formula is C50H29N. The van der Waals surface area contributed by atoms with Crippen LogP contribution in [0.2, 0.25) is 0 Å². The highest BCUT2D eigenvalue weighted by molar-refractivity contribution is 6.23. The molecule has 0 unspecified atom stereocenters. The Bertz CT molecular complexity index is 2920. The van der Waals surface area contributed by atoms with Crippen molar-refractivity contribution in [2.24, 2.45) is 0 Å². The van der Waals surface area contributed by atoms with Crippen LogP contribution in [-0.4, -0.2) is 4.98 Å². The van der Waals surface area contributed by atoms with Gasteiger partial charge < -0.3 is 0 Å². The van der Waals surface area contributed by atoms with Crippen molar-refractivity contribution in [3.63, 3.8) is 0 Å². The van der Waals surface area contributed by atoms with Gasteiger partial charge in [0.2, 0.25) is 0 Å². The maximum atomic E-state index is 4.32.